The van der Waals surface area contributed by atoms with Crippen molar-refractivity contribution in [3.8, 4) is 6.07 Å². The number of likely N-dealkylation sites (tertiary alicyclic amines) is 1. The second-order valence-electron chi connectivity index (χ2n) is 8.76. The summed E-state index contributed by atoms with van der Waals surface area (Å²) in [6, 6.07) is 5.37. The van der Waals surface area contributed by atoms with Gasteiger partial charge in [-0.3, -0.25) is 4.79 Å². The van der Waals surface area contributed by atoms with Gasteiger partial charge in [0.25, 0.3) is 0 Å². The minimum absolute atomic E-state index is 0.0979. The summed E-state index contributed by atoms with van der Waals surface area (Å²) in [5.74, 6) is -6.08. The average Bonchev–Trinajstić information content (AvgIpc) is 3.10. The molecule has 2 aromatic rings. The lowest BCUT2D eigenvalue weighted by atomic mass is 9.64. The van der Waals surface area contributed by atoms with Gasteiger partial charge in [0.1, 0.15) is 11.5 Å². The monoisotopic (exact) mass is 528 g/mol. The van der Waals surface area contributed by atoms with Crippen molar-refractivity contribution < 1.29 is 32.9 Å². The van der Waals surface area contributed by atoms with E-state index >= 15 is 8.78 Å². The van der Waals surface area contributed by atoms with Crippen LogP contribution in [0.3, 0.4) is 0 Å². The number of hydrogen-bond acceptors (Lipinski definition) is 5. The molecular weight excluding hydrogens is 508 g/mol. The SMILES string of the molecule is CC(C)C[C@H]1N(C(F)(F)C(=O)OF)[C@@H](C(=O)O)[C@H](c2cccc(Cl)c2)[C@@]1(C#N)c1ccc(Cl)cc1. The summed E-state index contributed by atoms with van der Waals surface area (Å²) in [7, 11) is 0. The molecule has 1 aliphatic heterocycles. The van der Waals surface area contributed by atoms with Gasteiger partial charge in [-0.1, -0.05) is 61.3 Å². The van der Waals surface area contributed by atoms with E-state index in [1.807, 2.05) is 0 Å². The molecule has 0 aromatic heterocycles. The van der Waals surface area contributed by atoms with E-state index in [2.05, 4.69) is 11.0 Å². The highest BCUT2D eigenvalue weighted by atomic mass is 35.5. The maximum atomic E-state index is 15.5. The molecule has 6 nitrogen and oxygen atoms in total. The maximum absolute atomic E-state index is 15.5. The average molecular weight is 529 g/mol. The summed E-state index contributed by atoms with van der Waals surface area (Å²) >= 11 is 12.2. The first-order chi connectivity index (χ1) is 16.4. The van der Waals surface area contributed by atoms with Crippen LogP contribution < -0.4 is 0 Å². The van der Waals surface area contributed by atoms with Gasteiger partial charge in [-0.25, -0.2) is 14.6 Å². The van der Waals surface area contributed by atoms with Crippen molar-refractivity contribution in [3.63, 3.8) is 0 Å². The zero-order valence-electron chi connectivity index (χ0n) is 18.6. The number of carboxylic acid groups (broad SMARTS) is 1. The molecule has 0 unspecified atom stereocenters. The molecule has 0 saturated carbocycles. The van der Waals surface area contributed by atoms with Crippen molar-refractivity contribution in [2.45, 2.75) is 49.7 Å². The fourth-order valence-corrected chi connectivity index (χ4v) is 5.34. The predicted octanol–water partition coefficient (Wildman–Crippen LogP) is 5.74. The molecule has 2 aromatic carbocycles. The van der Waals surface area contributed by atoms with Crippen molar-refractivity contribution in [2.24, 2.45) is 5.92 Å². The second-order valence-corrected chi connectivity index (χ2v) is 9.63. The van der Waals surface area contributed by atoms with Crippen LogP contribution in [0.2, 0.25) is 10.0 Å². The van der Waals surface area contributed by atoms with Crippen LogP contribution in [0, 0.1) is 17.2 Å². The number of rotatable bonds is 7. The van der Waals surface area contributed by atoms with Crippen molar-refractivity contribution in [2.75, 3.05) is 0 Å². The lowest BCUT2D eigenvalue weighted by molar-refractivity contribution is -0.245. The first-order valence-electron chi connectivity index (χ1n) is 10.6. The minimum atomic E-state index is -4.71. The van der Waals surface area contributed by atoms with Crippen LogP contribution in [0.4, 0.5) is 13.3 Å². The van der Waals surface area contributed by atoms with Crippen LogP contribution in [0.5, 0.6) is 0 Å². The number of carbonyl (C=O) groups is 2. The van der Waals surface area contributed by atoms with Gasteiger partial charge in [-0.2, -0.15) is 14.0 Å². The minimum Gasteiger partial charge on any atom is -0.480 e. The van der Waals surface area contributed by atoms with E-state index in [0.29, 0.717) is 5.02 Å². The Morgan fingerprint density at radius 2 is 1.83 bits per heavy atom. The van der Waals surface area contributed by atoms with E-state index in [0.717, 1.165) is 0 Å². The molecule has 0 spiro atoms. The Bertz CT molecular complexity index is 1160. The summed E-state index contributed by atoms with van der Waals surface area (Å²) in [5.41, 5.74) is -1.54. The molecule has 1 fully saturated rings. The molecule has 1 N–H and O–H groups in total. The topological polar surface area (TPSA) is 90.6 Å². The standard InChI is InChI=1S/C24H21Cl2F3N2O4/c1-13(2)10-18-23(12-30,15-6-8-16(25)9-7-15)19(14-4-3-5-17(26)11-14)20(21(32)33)31(18)24(27,28)22(34)35-29/h3-9,11,13,18-20H,10H2,1-2H3,(H,32,33)/t18-,19+,20-,23+/m1/s1. The fraction of sp³-hybridized carbons (Fsp3) is 0.375. The summed E-state index contributed by atoms with van der Waals surface area (Å²) in [6.07, 6.45) is -0.133. The third kappa shape index (κ3) is 4.58. The van der Waals surface area contributed by atoms with Crippen LogP contribution in [0.1, 0.15) is 37.3 Å². The van der Waals surface area contributed by atoms with Crippen LogP contribution in [-0.4, -0.2) is 40.1 Å². The Morgan fingerprint density at radius 1 is 1.20 bits per heavy atom. The number of hydrogen-bond donors (Lipinski definition) is 1. The smallest absolute Gasteiger partial charge is 0.434 e. The lowest BCUT2D eigenvalue weighted by Crippen LogP contribution is -2.58. The van der Waals surface area contributed by atoms with E-state index < -0.39 is 41.4 Å². The third-order valence-electron chi connectivity index (χ3n) is 6.27. The molecule has 0 aliphatic carbocycles. The molecule has 0 bridgehead atoms. The van der Waals surface area contributed by atoms with Gasteiger partial charge in [-0.05, 0) is 47.7 Å². The summed E-state index contributed by atoms with van der Waals surface area (Å²) in [6.45, 7) is 3.38. The molecule has 0 amide bonds. The van der Waals surface area contributed by atoms with Gasteiger partial charge in [0.15, 0.2) is 0 Å². The number of halogens is 5. The zero-order chi connectivity index (χ0) is 26.1. The Hall–Kier alpha value is -2.80. The highest BCUT2D eigenvalue weighted by Gasteiger charge is 2.70. The molecule has 186 valence electrons. The normalized spacial score (nSPS) is 24.8. The number of nitrogens with zero attached hydrogens (tertiary/aromatic N) is 2. The number of nitriles is 1. The van der Waals surface area contributed by atoms with Gasteiger partial charge < -0.3 is 5.11 Å². The molecule has 11 heteroatoms. The third-order valence-corrected chi connectivity index (χ3v) is 6.76. The number of benzene rings is 2. The quantitative estimate of drug-likeness (QED) is 0.460. The van der Waals surface area contributed by atoms with Gasteiger partial charge in [-0.15, -0.1) is 0 Å². The lowest BCUT2D eigenvalue weighted by Gasteiger charge is -2.38. The second kappa shape index (κ2) is 10.1. The highest BCUT2D eigenvalue weighted by molar-refractivity contribution is 6.30. The molecule has 4 atom stereocenters. The number of aliphatic carboxylic acids is 1. The zero-order valence-corrected chi connectivity index (χ0v) is 20.1. The molecule has 3 rings (SSSR count). The van der Waals surface area contributed by atoms with E-state index in [-0.39, 0.29) is 33.4 Å². The van der Waals surface area contributed by atoms with Crippen molar-refractivity contribution in [1.29, 1.82) is 5.26 Å². The molecule has 1 aliphatic rings. The van der Waals surface area contributed by atoms with Crippen molar-refractivity contribution >= 4 is 35.1 Å². The Morgan fingerprint density at radius 3 is 2.31 bits per heavy atom. The van der Waals surface area contributed by atoms with Gasteiger partial charge in [0.05, 0.1) is 6.07 Å². The van der Waals surface area contributed by atoms with Crippen LogP contribution in [0.25, 0.3) is 0 Å². The van der Waals surface area contributed by atoms with Gasteiger partial charge in [0, 0.05) is 26.5 Å². The first kappa shape index (κ1) is 26.8. The molecule has 0 radical (unpaired) electrons. The van der Waals surface area contributed by atoms with Crippen molar-refractivity contribution in [1.82, 2.24) is 4.90 Å². The van der Waals surface area contributed by atoms with Crippen molar-refractivity contribution in [3.05, 3.63) is 69.7 Å². The summed E-state index contributed by atoms with van der Waals surface area (Å²) in [5, 5.41) is 21.3. The summed E-state index contributed by atoms with van der Waals surface area (Å²) in [4.78, 5) is 27.4. The van der Waals surface area contributed by atoms with Crippen LogP contribution in [-0.2, 0) is 19.9 Å². The largest absolute Gasteiger partial charge is 0.480 e. The van der Waals surface area contributed by atoms with Crippen LogP contribution >= 0.6 is 23.2 Å². The molecule has 1 heterocycles. The first-order valence-corrected chi connectivity index (χ1v) is 11.3. The van der Waals surface area contributed by atoms with E-state index in [4.69, 9.17) is 23.2 Å². The Kier molecular flexibility index (Phi) is 7.70. The molecule has 1 saturated heterocycles. The molecule has 35 heavy (non-hydrogen) atoms. The Balaban J connectivity index is 2.47. The number of carbonyl (C=O) groups excluding carboxylic acids is 1. The molecular formula is C24H21Cl2F3N2O4. The van der Waals surface area contributed by atoms with Gasteiger partial charge >= 0.3 is 18.0 Å². The summed E-state index contributed by atoms with van der Waals surface area (Å²) < 4.78 is 43.7. The van der Waals surface area contributed by atoms with E-state index in [1.165, 1.54) is 48.5 Å². The van der Waals surface area contributed by atoms with Crippen LogP contribution in [0.15, 0.2) is 48.5 Å². The number of carboxylic acids is 1. The number of alkyl halides is 2. The van der Waals surface area contributed by atoms with E-state index in [1.54, 1.807) is 13.8 Å². The predicted molar refractivity (Wildman–Crippen MR) is 122 cm³/mol. The maximum Gasteiger partial charge on any atom is 0.434 e. The van der Waals surface area contributed by atoms with Gasteiger partial charge in [0.2, 0.25) is 0 Å². The highest BCUT2D eigenvalue weighted by Crippen LogP contribution is 2.57. The fourth-order valence-electron chi connectivity index (χ4n) is 5.01. The Labute approximate surface area is 209 Å². The van der Waals surface area contributed by atoms with E-state index in [9.17, 15) is 24.5 Å².